The van der Waals surface area contributed by atoms with Crippen LogP contribution in [0, 0.1) is 5.92 Å². The minimum absolute atomic E-state index is 0.0115. The molecule has 0 radical (unpaired) electrons. The van der Waals surface area contributed by atoms with Gasteiger partial charge in [-0.2, -0.15) is 0 Å². The highest BCUT2D eigenvalue weighted by Gasteiger charge is 2.03. The minimum Gasteiger partial charge on any atom is -0.466 e. The predicted octanol–water partition coefficient (Wildman–Crippen LogP) is 20.4. The zero-order chi connectivity index (χ0) is 42.6. The quantitative estimate of drug-likeness (QED) is 0.0347. The van der Waals surface area contributed by atoms with Crippen LogP contribution in [0.25, 0.3) is 0 Å². The van der Waals surface area contributed by atoms with Crippen molar-refractivity contribution in [2.75, 3.05) is 6.61 Å². The van der Waals surface area contributed by atoms with Crippen molar-refractivity contribution < 1.29 is 9.53 Å². The van der Waals surface area contributed by atoms with E-state index < -0.39 is 0 Å². The summed E-state index contributed by atoms with van der Waals surface area (Å²) in [6, 6.07) is 0. The van der Waals surface area contributed by atoms with Gasteiger partial charge in [0.25, 0.3) is 0 Å². The van der Waals surface area contributed by atoms with Crippen LogP contribution in [-0.4, -0.2) is 12.6 Å². The first-order valence-corrected chi connectivity index (χ1v) is 27.3. The molecule has 59 heavy (non-hydrogen) atoms. The van der Waals surface area contributed by atoms with Gasteiger partial charge in [0.1, 0.15) is 0 Å². The number of allylic oxidation sites excluding steroid dienone is 6. The molecule has 0 aromatic carbocycles. The predicted molar refractivity (Wildman–Crippen MR) is 267 cm³/mol. The van der Waals surface area contributed by atoms with Gasteiger partial charge in [-0.15, -0.1) is 0 Å². The smallest absolute Gasteiger partial charge is 0.305 e. The Labute approximate surface area is 372 Å². The van der Waals surface area contributed by atoms with Crippen LogP contribution in [0.4, 0.5) is 0 Å². The minimum atomic E-state index is 0.0115. The van der Waals surface area contributed by atoms with Crippen molar-refractivity contribution in [1.82, 2.24) is 0 Å². The number of rotatable bonds is 50. The Morgan fingerprint density at radius 2 is 0.678 bits per heavy atom. The molecule has 0 spiro atoms. The van der Waals surface area contributed by atoms with Crippen LogP contribution in [0.15, 0.2) is 36.5 Å². The zero-order valence-electron chi connectivity index (χ0n) is 40.9. The molecule has 0 bridgehead atoms. The molecular formula is C57H108O2. The molecule has 0 saturated carbocycles. The highest BCUT2D eigenvalue weighted by atomic mass is 16.5. The van der Waals surface area contributed by atoms with Gasteiger partial charge < -0.3 is 4.74 Å². The molecule has 1 unspecified atom stereocenters. The second kappa shape index (κ2) is 52.8. The maximum absolute atomic E-state index is 12.0. The summed E-state index contributed by atoms with van der Waals surface area (Å²) in [7, 11) is 0. The summed E-state index contributed by atoms with van der Waals surface area (Å²) in [6.07, 6.45) is 74.5. The molecule has 2 nitrogen and oxygen atoms in total. The molecule has 0 rings (SSSR count). The van der Waals surface area contributed by atoms with Crippen LogP contribution in [-0.2, 0) is 9.53 Å². The van der Waals surface area contributed by atoms with Crippen LogP contribution in [0.3, 0.4) is 0 Å². The number of hydrogen-bond acceptors (Lipinski definition) is 2. The third-order valence-electron chi connectivity index (χ3n) is 12.8. The molecule has 0 amide bonds. The van der Waals surface area contributed by atoms with Gasteiger partial charge >= 0.3 is 5.97 Å². The third kappa shape index (κ3) is 52.8. The van der Waals surface area contributed by atoms with E-state index in [-0.39, 0.29) is 5.97 Å². The maximum atomic E-state index is 12.0. The lowest BCUT2D eigenvalue weighted by Gasteiger charge is -2.07. The molecule has 1 atom stereocenters. The maximum Gasteiger partial charge on any atom is 0.305 e. The van der Waals surface area contributed by atoms with Crippen molar-refractivity contribution in [3.63, 3.8) is 0 Å². The fourth-order valence-electron chi connectivity index (χ4n) is 8.43. The first-order chi connectivity index (χ1) is 29.2. The van der Waals surface area contributed by atoms with Crippen molar-refractivity contribution >= 4 is 5.97 Å². The highest BCUT2D eigenvalue weighted by Crippen LogP contribution is 2.18. The highest BCUT2D eigenvalue weighted by molar-refractivity contribution is 5.69. The van der Waals surface area contributed by atoms with Gasteiger partial charge in [0, 0.05) is 6.42 Å². The first-order valence-electron chi connectivity index (χ1n) is 27.3. The summed E-state index contributed by atoms with van der Waals surface area (Å²) in [6.45, 7) is 7.52. The van der Waals surface area contributed by atoms with Gasteiger partial charge in [-0.3, -0.25) is 4.79 Å². The molecule has 0 aliphatic carbocycles. The molecule has 2 heteroatoms. The van der Waals surface area contributed by atoms with Gasteiger partial charge in [0.2, 0.25) is 0 Å². The van der Waals surface area contributed by atoms with Crippen molar-refractivity contribution in [3.05, 3.63) is 36.5 Å². The number of ether oxygens (including phenoxy) is 1. The summed E-state index contributed by atoms with van der Waals surface area (Å²) in [4.78, 5) is 12.0. The average molecular weight is 825 g/mol. The SMILES string of the molecule is CC/C=C\C/C=C\C/C=C\CCCCCCCC(=O)OCCCCCCCCCCCCCCCCCCCCCCCCCCCCCCCCCCCC(C)CC. The Bertz CT molecular complexity index is 870. The molecular weight excluding hydrogens is 717 g/mol. The molecule has 0 aliphatic heterocycles. The van der Waals surface area contributed by atoms with Gasteiger partial charge in [0.05, 0.1) is 6.61 Å². The van der Waals surface area contributed by atoms with E-state index in [2.05, 4.69) is 57.2 Å². The third-order valence-corrected chi connectivity index (χ3v) is 12.8. The van der Waals surface area contributed by atoms with E-state index in [9.17, 15) is 4.79 Å². The molecule has 0 aromatic rings. The van der Waals surface area contributed by atoms with E-state index >= 15 is 0 Å². The van der Waals surface area contributed by atoms with E-state index in [4.69, 9.17) is 4.74 Å². The van der Waals surface area contributed by atoms with E-state index in [1.54, 1.807) is 0 Å². The molecule has 0 heterocycles. The lowest BCUT2D eigenvalue weighted by atomic mass is 9.99. The Kier molecular flexibility index (Phi) is 51.7. The van der Waals surface area contributed by atoms with Gasteiger partial charge in [-0.25, -0.2) is 0 Å². The Morgan fingerprint density at radius 3 is 1.05 bits per heavy atom. The summed E-state index contributed by atoms with van der Waals surface area (Å²) >= 11 is 0. The number of hydrogen-bond donors (Lipinski definition) is 0. The first kappa shape index (κ1) is 57.7. The van der Waals surface area contributed by atoms with Crippen LogP contribution >= 0.6 is 0 Å². The summed E-state index contributed by atoms with van der Waals surface area (Å²) in [5.41, 5.74) is 0. The van der Waals surface area contributed by atoms with E-state index in [1.165, 1.54) is 244 Å². The van der Waals surface area contributed by atoms with Crippen molar-refractivity contribution in [2.24, 2.45) is 5.92 Å². The molecule has 0 fully saturated rings. The lowest BCUT2D eigenvalue weighted by Crippen LogP contribution is -2.05. The summed E-state index contributed by atoms with van der Waals surface area (Å²) in [5, 5.41) is 0. The summed E-state index contributed by atoms with van der Waals surface area (Å²) < 4.78 is 5.48. The Morgan fingerprint density at radius 1 is 0.373 bits per heavy atom. The molecule has 348 valence electrons. The van der Waals surface area contributed by atoms with Crippen LogP contribution < -0.4 is 0 Å². The van der Waals surface area contributed by atoms with Crippen molar-refractivity contribution in [3.8, 4) is 0 Å². The van der Waals surface area contributed by atoms with Crippen LogP contribution in [0.5, 0.6) is 0 Å². The van der Waals surface area contributed by atoms with Crippen LogP contribution in [0.1, 0.15) is 310 Å². The molecule has 0 saturated heterocycles. The van der Waals surface area contributed by atoms with E-state index in [1.807, 2.05) is 0 Å². The monoisotopic (exact) mass is 825 g/mol. The summed E-state index contributed by atoms with van der Waals surface area (Å²) in [5.74, 6) is 0.951. The van der Waals surface area contributed by atoms with E-state index in [0.29, 0.717) is 13.0 Å². The average Bonchev–Trinajstić information content (AvgIpc) is 3.24. The number of carbonyl (C=O) groups excluding carboxylic acids is 1. The zero-order valence-corrected chi connectivity index (χ0v) is 40.9. The number of esters is 1. The standard InChI is InChI=1S/C57H108O2/c1-4-6-7-8-9-10-11-12-32-36-39-42-45-48-51-54-57(58)59-55-52-49-46-43-40-37-34-31-29-27-25-23-21-19-17-15-13-14-16-18-20-22-24-26-28-30-33-35-38-41-44-47-50-53-56(3)5-2/h6-7,9-10,12,32,56H,4-5,8,11,13-31,33-55H2,1-3H3/b7-6-,10-9-,32-12-. The van der Waals surface area contributed by atoms with Gasteiger partial charge in [-0.05, 0) is 50.9 Å². The molecule has 0 aromatic heterocycles. The molecule has 0 N–H and O–H groups in total. The topological polar surface area (TPSA) is 26.3 Å². The van der Waals surface area contributed by atoms with Crippen molar-refractivity contribution in [2.45, 2.75) is 310 Å². The molecule has 0 aliphatic rings. The number of unbranched alkanes of at least 4 members (excludes halogenated alkanes) is 37. The normalized spacial score (nSPS) is 12.5. The fraction of sp³-hybridized carbons (Fsp3) is 0.877. The fourth-order valence-corrected chi connectivity index (χ4v) is 8.43. The van der Waals surface area contributed by atoms with Crippen molar-refractivity contribution in [1.29, 1.82) is 0 Å². The number of carbonyl (C=O) groups is 1. The Balaban J connectivity index is 3.17. The Hall–Kier alpha value is -1.31. The lowest BCUT2D eigenvalue weighted by molar-refractivity contribution is -0.143. The van der Waals surface area contributed by atoms with Gasteiger partial charge in [-0.1, -0.05) is 295 Å². The second-order valence-corrected chi connectivity index (χ2v) is 18.8. The second-order valence-electron chi connectivity index (χ2n) is 18.8. The van der Waals surface area contributed by atoms with E-state index in [0.717, 1.165) is 44.4 Å². The largest absolute Gasteiger partial charge is 0.466 e. The van der Waals surface area contributed by atoms with Gasteiger partial charge in [0.15, 0.2) is 0 Å². The van der Waals surface area contributed by atoms with Crippen LogP contribution in [0.2, 0.25) is 0 Å².